The first-order valence-electron chi connectivity index (χ1n) is 6.66. The number of halogens is 1. The molecule has 0 saturated heterocycles. The van der Waals surface area contributed by atoms with Crippen LogP contribution in [0, 0.1) is 5.92 Å². The highest BCUT2D eigenvalue weighted by atomic mass is 35.5. The number of amides is 1. The van der Waals surface area contributed by atoms with Crippen molar-refractivity contribution >= 4 is 18.3 Å². The van der Waals surface area contributed by atoms with Crippen molar-refractivity contribution < 1.29 is 9.53 Å². The second-order valence-corrected chi connectivity index (χ2v) is 4.28. The summed E-state index contributed by atoms with van der Waals surface area (Å²) in [5.41, 5.74) is 0. The van der Waals surface area contributed by atoms with Crippen LogP contribution in [0.1, 0.15) is 33.6 Å². The molecular formula is C13H29ClN2O2. The van der Waals surface area contributed by atoms with Gasteiger partial charge in [-0.1, -0.05) is 26.7 Å². The number of hydrogen-bond acceptors (Lipinski definition) is 3. The van der Waals surface area contributed by atoms with Crippen molar-refractivity contribution in [2.24, 2.45) is 5.92 Å². The van der Waals surface area contributed by atoms with Crippen LogP contribution in [0.2, 0.25) is 0 Å². The summed E-state index contributed by atoms with van der Waals surface area (Å²) >= 11 is 0. The summed E-state index contributed by atoms with van der Waals surface area (Å²) in [5.74, 6) is 0.813. The van der Waals surface area contributed by atoms with Gasteiger partial charge >= 0.3 is 0 Å². The van der Waals surface area contributed by atoms with Crippen LogP contribution in [0.15, 0.2) is 0 Å². The number of rotatable bonds is 10. The van der Waals surface area contributed by atoms with Gasteiger partial charge in [-0.15, -0.1) is 12.4 Å². The molecule has 110 valence electrons. The lowest BCUT2D eigenvalue weighted by Gasteiger charge is -2.25. The van der Waals surface area contributed by atoms with Crippen molar-refractivity contribution in [1.82, 2.24) is 10.2 Å². The van der Waals surface area contributed by atoms with Crippen molar-refractivity contribution in [3.05, 3.63) is 0 Å². The number of nitrogens with zero attached hydrogens (tertiary/aromatic N) is 1. The van der Waals surface area contributed by atoms with Gasteiger partial charge in [-0.05, 0) is 12.8 Å². The molecule has 0 heterocycles. The Hall–Kier alpha value is -0.320. The zero-order valence-corrected chi connectivity index (χ0v) is 13.0. The number of carbonyl (C=O) groups is 1. The molecule has 0 bridgehead atoms. The molecule has 0 saturated carbocycles. The fourth-order valence-corrected chi connectivity index (χ4v) is 1.75. The molecule has 0 rings (SSSR count). The number of methoxy groups -OCH3 is 1. The smallest absolute Gasteiger partial charge is 0.236 e. The van der Waals surface area contributed by atoms with Gasteiger partial charge in [-0.3, -0.25) is 4.79 Å². The number of nitrogens with one attached hydrogen (secondary N) is 1. The van der Waals surface area contributed by atoms with Gasteiger partial charge in [-0.25, -0.2) is 0 Å². The van der Waals surface area contributed by atoms with Gasteiger partial charge in [0, 0.05) is 26.7 Å². The number of ether oxygens (including phenoxy) is 1. The average molecular weight is 281 g/mol. The maximum absolute atomic E-state index is 11.9. The van der Waals surface area contributed by atoms with E-state index in [-0.39, 0.29) is 18.3 Å². The van der Waals surface area contributed by atoms with E-state index in [1.165, 1.54) is 0 Å². The first kappa shape index (κ1) is 20.0. The van der Waals surface area contributed by atoms with Gasteiger partial charge in [0.05, 0.1) is 13.2 Å². The molecular weight excluding hydrogens is 252 g/mol. The zero-order chi connectivity index (χ0) is 13.1. The van der Waals surface area contributed by atoms with Gasteiger partial charge < -0.3 is 15.0 Å². The van der Waals surface area contributed by atoms with E-state index in [1.807, 2.05) is 11.8 Å². The van der Waals surface area contributed by atoms with Crippen molar-refractivity contribution in [3.63, 3.8) is 0 Å². The predicted octanol–water partition coefficient (Wildman–Crippen LogP) is 1.93. The molecule has 5 heteroatoms. The van der Waals surface area contributed by atoms with Gasteiger partial charge in [0.15, 0.2) is 0 Å². The summed E-state index contributed by atoms with van der Waals surface area (Å²) in [6.45, 7) is 9.87. The molecule has 0 aliphatic carbocycles. The van der Waals surface area contributed by atoms with Gasteiger partial charge in [0.1, 0.15) is 0 Å². The zero-order valence-electron chi connectivity index (χ0n) is 12.2. The second kappa shape index (κ2) is 13.1. The van der Waals surface area contributed by atoms with E-state index in [0.29, 0.717) is 19.1 Å². The molecule has 0 aromatic rings. The van der Waals surface area contributed by atoms with Crippen LogP contribution < -0.4 is 5.32 Å². The maximum atomic E-state index is 11.9. The Morgan fingerprint density at radius 1 is 1.28 bits per heavy atom. The Morgan fingerprint density at radius 2 is 1.89 bits per heavy atom. The Kier molecular flexibility index (Phi) is 14.6. The standard InChI is InChI=1S/C13H28N2O2.ClH/c1-5-12(6-2)11-15(7-3)13(16)10-14-8-9-17-4;/h12,14H,5-11H2,1-4H3;1H. The fourth-order valence-electron chi connectivity index (χ4n) is 1.75. The molecule has 0 aliphatic heterocycles. The van der Waals surface area contributed by atoms with Crippen molar-refractivity contribution in [3.8, 4) is 0 Å². The summed E-state index contributed by atoms with van der Waals surface area (Å²) in [6.07, 6.45) is 2.27. The van der Waals surface area contributed by atoms with Crippen LogP contribution in [0.4, 0.5) is 0 Å². The van der Waals surface area contributed by atoms with Crippen LogP contribution in [-0.2, 0) is 9.53 Å². The topological polar surface area (TPSA) is 41.6 Å². The molecule has 0 radical (unpaired) electrons. The fraction of sp³-hybridized carbons (Fsp3) is 0.923. The molecule has 0 spiro atoms. The predicted molar refractivity (Wildman–Crippen MR) is 78.3 cm³/mol. The van der Waals surface area contributed by atoms with Gasteiger partial charge in [0.2, 0.25) is 5.91 Å². The minimum Gasteiger partial charge on any atom is -0.383 e. The monoisotopic (exact) mass is 280 g/mol. The van der Waals surface area contributed by atoms with E-state index in [9.17, 15) is 4.79 Å². The second-order valence-electron chi connectivity index (χ2n) is 4.28. The van der Waals surface area contributed by atoms with E-state index in [1.54, 1.807) is 7.11 Å². The largest absolute Gasteiger partial charge is 0.383 e. The van der Waals surface area contributed by atoms with E-state index in [4.69, 9.17) is 4.74 Å². The Labute approximate surface area is 118 Å². The first-order chi connectivity index (χ1) is 8.19. The summed E-state index contributed by atoms with van der Waals surface area (Å²) in [7, 11) is 1.66. The van der Waals surface area contributed by atoms with E-state index in [2.05, 4.69) is 19.2 Å². The maximum Gasteiger partial charge on any atom is 0.236 e. The lowest BCUT2D eigenvalue weighted by atomic mass is 10.0. The highest BCUT2D eigenvalue weighted by Gasteiger charge is 2.14. The minimum atomic E-state index is 0. The van der Waals surface area contributed by atoms with Crippen LogP contribution in [0.5, 0.6) is 0 Å². The molecule has 1 amide bonds. The number of carbonyl (C=O) groups excluding carboxylic acids is 1. The van der Waals surface area contributed by atoms with Crippen LogP contribution in [0.3, 0.4) is 0 Å². The van der Waals surface area contributed by atoms with Crippen molar-refractivity contribution in [1.29, 1.82) is 0 Å². The van der Waals surface area contributed by atoms with Crippen molar-refractivity contribution in [2.45, 2.75) is 33.6 Å². The molecule has 18 heavy (non-hydrogen) atoms. The van der Waals surface area contributed by atoms with Crippen LogP contribution in [0.25, 0.3) is 0 Å². The lowest BCUT2D eigenvalue weighted by molar-refractivity contribution is -0.130. The third kappa shape index (κ3) is 8.72. The van der Waals surface area contributed by atoms with Crippen molar-refractivity contribution in [2.75, 3.05) is 39.9 Å². The number of likely N-dealkylation sites (N-methyl/N-ethyl adjacent to an activating group) is 1. The van der Waals surface area contributed by atoms with Gasteiger partial charge in [-0.2, -0.15) is 0 Å². The molecule has 0 aliphatic rings. The van der Waals surface area contributed by atoms with E-state index < -0.39 is 0 Å². The van der Waals surface area contributed by atoms with Gasteiger partial charge in [0.25, 0.3) is 0 Å². The quantitative estimate of drug-likeness (QED) is 0.622. The number of hydrogen-bond donors (Lipinski definition) is 1. The molecule has 0 fully saturated rings. The summed E-state index contributed by atoms with van der Waals surface area (Å²) in [6, 6.07) is 0. The first-order valence-corrected chi connectivity index (χ1v) is 6.66. The van der Waals surface area contributed by atoms with E-state index >= 15 is 0 Å². The van der Waals surface area contributed by atoms with Crippen LogP contribution >= 0.6 is 12.4 Å². The SMILES string of the molecule is CCC(CC)CN(CC)C(=O)CNCCOC.Cl. The summed E-state index contributed by atoms with van der Waals surface area (Å²) in [4.78, 5) is 13.9. The molecule has 4 nitrogen and oxygen atoms in total. The molecule has 0 aromatic carbocycles. The molecule has 1 N–H and O–H groups in total. The summed E-state index contributed by atoms with van der Waals surface area (Å²) < 4.78 is 4.92. The van der Waals surface area contributed by atoms with E-state index in [0.717, 1.165) is 32.5 Å². The molecule has 0 atom stereocenters. The highest BCUT2D eigenvalue weighted by molar-refractivity contribution is 5.85. The van der Waals surface area contributed by atoms with Crippen LogP contribution in [-0.4, -0.2) is 50.7 Å². The third-order valence-corrected chi connectivity index (χ3v) is 3.13. The Bertz CT molecular complexity index is 199. The molecule has 0 aromatic heterocycles. The average Bonchev–Trinajstić information content (AvgIpc) is 2.36. The molecule has 0 unspecified atom stereocenters. The lowest BCUT2D eigenvalue weighted by Crippen LogP contribution is -2.41. The highest BCUT2D eigenvalue weighted by Crippen LogP contribution is 2.09. The minimum absolute atomic E-state index is 0. The Morgan fingerprint density at radius 3 is 2.33 bits per heavy atom. The Balaban J connectivity index is 0. The normalized spacial score (nSPS) is 10.3. The summed E-state index contributed by atoms with van der Waals surface area (Å²) in [5, 5.41) is 3.09. The third-order valence-electron chi connectivity index (χ3n) is 3.13.